The molecule has 6 nitrogen and oxygen atoms in total. The molecular formula is C25H28N4O2. The molecule has 2 amide bonds. The lowest BCUT2D eigenvalue weighted by Crippen LogP contribution is -2.36. The second-order valence-electron chi connectivity index (χ2n) is 8.34. The maximum atomic E-state index is 12.9. The number of carbonyl (C=O) groups excluding carboxylic acids is 2. The minimum absolute atomic E-state index is 0.0417. The molecule has 0 saturated carbocycles. The van der Waals surface area contributed by atoms with Crippen molar-refractivity contribution in [1.29, 1.82) is 0 Å². The van der Waals surface area contributed by atoms with Crippen LogP contribution in [0.15, 0.2) is 66.9 Å². The first-order valence-corrected chi connectivity index (χ1v) is 10.4. The molecule has 1 aromatic heterocycles. The average molecular weight is 417 g/mol. The molecule has 0 bridgehead atoms. The average Bonchev–Trinajstić information content (AvgIpc) is 2.78. The molecule has 3 aromatic rings. The van der Waals surface area contributed by atoms with E-state index < -0.39 is 5.41 Å². The van der Waals surface area contributed by atoms with Crippen molar-refractivity contribution in [2.24, 2.45) is 5.41 Å². The van der Waals surface area contributed by atoms with E-state index in [0.29, 0.717) is 36.6 Å². The Morgan fingerprint density at radius 3 is 2.19 bits per heavy atom. The zero-order valence-electron chi connectivity index (χ0n) is 18.2. The van der Waals surface area contributed by atoms with E-state index in [4.69, 9.17) is 0 Å². The summed E-state index contributed by atoms with van der Waals surface area (Å²) in [5.74, 6) is 0.276. The molecule has 0 atom stereocenters. The third-order valence-electron chi connectivity index (χ3n) is 4.77. The third kappa shape index (κ3) is 6.22. The Balaban J connectivity index is 1.79. The Bertz CT molecular complexity index is 1030. The summed E-state index contributed by atoms with van der Waals surface area (Å²) < 4.78 is 0. The van der Waals surface area contributed by atoms with Gasteiger partial charge >= 0.3 is 0 Å². The predicted octanol–water partition coefficient (Wildman–Crippen LogP) is 3.78. The maximum absolute atomic E-state index is 12.9. The predicted molar refractivity (Wildman–Crippen MR) is 121 cm³/mol. The zero-order valence-corrected chi connectivity index (χ0v) is 18.2. The van der Waals surface area contributed by atoms with Crippen molar-refractivity contribution in [3.8, 4) is 11.4 Å². The second kappa shape index (κ2) is 9.98. The minimum atomic E-state index is -0.475. The summed E-state index contributed by atoms with van der Waals surface area (Å²) in [6, 6.07) is 19.3. The molecule has 160 valence electrons. The van der Waals surface area contributed by atoms with Crippen LogP contribution < -0.4 is 10.6 Å². The molecule has 31 heavy (non-hydrogen) atoms. The fourth-order valence-corrected chi connectivity index (χ4v) is 2.96. The molecule has 0 fully saturated rings. The summed E-state index contributed by atoms with van der Waals surface area (Å²) in [5.41, 5.74) is 2.43. The topological polar surface area (TPSA) is 84.0 Å². The van der Waals surface area contributed by atoms with E-state index >= 15 is 0 Å². The van der Waals surface area contributed by atoms with Crippen LogP contribution in [0.25, 0.3) is 11.4 Å². The van der Waals surface area contributed by atoms with Gasteiger partial charge in [-0.1, -0.05) is 81.4 Å². The second-order valence-corrected chi connectivity index (χ2v) is 8.34. The SMILES string of the molecule is CC(C)(C)C(=O)NCCc1nc(-c2ccccc2)ncc1C(=O)NCc1ccccc1. The summed E-state index contributed by atoms with van der Waals surface area (Å²) in [4.78, 5) is 34.1. The fraction of sp³-hybridized carbons (Fsp3) is 0.280. The maximum Gasteiger partial charge on any atom is 0.254 e. The first kappa shape index (κ1) is 22.2. The molecule has 0 aliphatic carbocycles. The van der Waals surface area contributed by atoms with Gasteiger partial charge in [-0.2, -0.15) is 0 Å². The third-order valence-corrected chi connectivity index (χ3v) is 4.77. The van der Waals surface area contributed by atoms with Gasteiger partial charge in [-0.15, -0.1) is 0 Å². The number of rotatable bonds is 7. The molecule has 2 aromatic carbocycles. The lowest BCUT2D eigenvalue weighted by atomic mass is 9.95. The first-order chi connectivity index (χ1) is 14.8. The van der Waals surface area contributed by atoms with Gasteiger partial charge < -0.3 is 10.6 Å². The van der Waals surface area contributed by atoms with E-state index in [-0.39, 0.29) is 11.8 Å². The molecule has 0 aliphatic heterocycles. The fourth-order valence-electron chi connectivity index (χ4n) is 2.96. The number of amides is 2. The molecule has 0 radical (unpaired) electrons. The molecular weight excluding hydrogens is 388 g/mol. The number of carbonyl (C=O) groups is 2. The monoisotopic (exact) mass is 416 g/mol. The van der Waals surface area contributed by atoms with Crippen LogP contribution in [0, 0.1) is 5.41 Å². The molecule has 3 rings (SSSR count). The van der Waals surface area contributed by atoms with Crippen molar-refractivity contribution in [2.75, 3.05) is 6.54 Å². The lowest BCUT2D eigenvalue weighted by molar-refractivity contribution is -0.128. The standard InChI is InChI=1S/C25H28N4O2/c1-25(2,3)24(31)26-15-14-21-20(23(30)28-16-18-10-6-4-7-11-18)17-27-22(29-21)19-12-8-5-9-13-19/h4-13,17H,14-16H2,1-3H3,(H,26,31)(H,28,30). The van der Waals surface area contributed by atoms with Gasteiger partial charge in [-0.05, 0) is 5.56 Å². The number of nitrogens with zero attached hydrogens (tertiary/aromatic N) is 2. The van der Waals surface area contributed by atoms with Crippen LogP contribution in [0.4, 0.5) is 0 Å². The Labute approximate surface area is 183 Å². The van der Waals surface area contributed by atoms with Crippen LogP contribution in [0.2, 0.25) is 0 Å². The summed E-state index contributed by atoms with van der Waals surface area (Å²) in [6.07, 6.45) is 1.99. The van der Waals surface area contributed by atoms with Crippen molar-refractivity contribution in [3.05, 3.63) is 83.7 Å². The van der Waals surface area contributed by atoms with Gasteiger partial charge in [-0.25, -0.2) is 9.97 Å². The smallest absolute Gasteiger partial charge is 0.254 e. The summed E-state index contributed by atoms with van der Waals surface area (Å²) in [7, 11) is 0. The highest BCUT2D eigenvalue weighted by Gasteiger charge is 2.21. The minimum Gasteiger partial charge on any atom is -0.355 e. The Morgan fingerprint density at radius 1 is 0.903 bits per heavy atom. The summed E-state index contributed by atoms with van der Waals surface area (Å²) in [6.45, 7) is 6.40. The molecule has 6 heteroatoms. The number of aromatic nitrogens is 2. The van der Waals surface area contributed by atoms with Gasteiger partial charge in [0.2, 0.25) is 5.91 Å². The van der Waals surface area contributed by atoms with Gasteiger partial charge in [0.25, 0.3) is 5.91 Å². The van der Waals surface area contributed by atoms with E-state index in [1.165, 1.54) is 0 Å². The summed E-state index contributed by atoms with van der Waals surface area (Å²) >= 11 is 0. The number of nitrogens with one attached hydrogen (secondary N) is 2. The molecule has 1 heterocycles. The number of hydrogen-bond acceptors (Lipinski definition) is 4. The van der Waals surface area contributed by atoms with E-state index in [9.17, 15) is 9.59 Å². The van der Waals surface area contributed by atoms with Crippen molar-refractivity contribution < 1.29 is 9.59 Å². The Morgan fingerprint density at radius 2 is 1.55 bits per heavy atom. The molecule has 0 spiro atoms. The quantitative estimate of drug-likeness (QED) is 0.614. The molecule has 0 aliphatic rings. The van der Waals surface area contributed by atoms with Crippen molar-refractivity contribution in [1.82, 2.24) is 20.6 Å². The highest BCUT2D eigenvalue weighted by Crippen LogP contribution is 2.17. The van der Waals surface area contributed by atoms with E-state index in [0.717, 1.165) is 11.1 Å². The van der Waals surface area contributed by atoms with Gasteiger partial charge in [-0.3, -0.25) is 9.59 Å². The molecule has 0 saturated heterocycles. The van der Waals surface area contributed by atoms with Crippen molar-refractivity contribution >= 4 is 11.8 Å². The lowest BCUT2D eigenvalue weighted by Gasteiger charge is -2.18. The van der Waals surface area contributed by atoms with Gasteiger partial charge in [0.15, 0.2) is 5.82 Å². The Hall–Kier alpha value is -3.54. The molecule has 2 N–H and O–H groups in total. The van der Waals surface area contributed by atoms with Gasteiger partial charge in [0.1, 0.15) is 0 Å². The number of hydrogen-bond donors (Lipinski definition) is 2. The van der Waals surface area contributed by atoms with Crippen LogP contribution in [0.3, 0.4) is 0 Å². The highest BCUT2D eigenvalue weighted by molar-refractivity contribution is 5.95. The van der Waals surface area contributed by atoms with Crippen LogP contribution in [-0.4, -0.2) is 28.3 Å². The van der Waals surface area contributed by atoms with Gasteiger partial charge in [0, 0.05) is 36.7 Å². The van der Waals surface area contributed by atoms with E-state index in [1.54, 1.807) is 6.20 Å². The van der Waals surface area contributed by atoms with E-state index in [2.05, 4.69) is 20.6 Å². The van der Waals surface area contributed by atoms with Crippen LogP contribution in [0.5, 0.6) is 0 Å². The van der Waals surface area contributed by atoms with Crippen LogP contribution in [0.1, 0.15) is 42.4 Å². The first-order valence-electron chi connectivity index (χ1n) is 10.4. The van der Waals surface area contributed by atoms with Crippen molar-refractivity contribution in [2.45, 2.75) is 33.7 Å². The normalized spacial score (nSPS) is 11.1. The van der Waals surface area contributed by atoms with E-state index in [1.807, 2.05) is 81.4 Å². The molecule has 0 unspecified atom stereocenters. The van der Waals surface area contributed by atoms with Gasteiger partial charge in [0.05, 0.1) is 11.3 Å². The van der Waals surface area contributed by atoms with Crippen molar-refractivity contribution in [3.63, 3.8) is 0 Å². The zero-order chi connectivity index (χ0) is 22.3. The Kier molecular flexibility index (Phi) is 7.13. The largest absolute Gasteiger partial charge is 0.355 e. The summed E-state index contributed by atoms with van der Waals surface area (Å²) in [5, 5.41) is 5.86. The highest BCUT2D eigenvalue weighted by atomic mass is 16.2. The van der Waals surface area contributed by atoms with Crippen LogP contribution >= 0.6 is 0 Å². The number of benzene rings is 2. The van der Waals surface area contributed by atoms with Crippen LogP contribution in [-0.2, 0) is 17.8 Å².